The topological polar surface area (TPSA) is 32.8 Å². The van der Waals surface area contributed by atoms with Gasteiger partial charge in [0.2, 0.25) is 0 Å². The molecule has 0 aromatic heterocycles. The van der Waals surface area contributed by atoms with Crippen LogP contribution in [0.25, 0.3) is 0 Å². The van der Waals surface area contributed by atoms with Crippen molar-refractivity contribution >= 4 is 5.91 Å². The van der Waals surface area contributed by atoms with Gasteiger partial charge in [-0.05, 0) is 24.6 Å². The zero-order valence-electron chi connectivity index (χ0n) is 14.1. The number of hydrogen-bond acceptors (Lipinski definition) is 3. The van der Waals surface area contributed by atoms with E-state index in [4.69, 9.17) is 4.74 Å². The normalized spacial score (nSPS) is 16.6. The van der Waals surface area contributed by atoms with Gasteiger partial charge in [-0.2, -0.15) is 0 Å². The van der Waals surface area contributed by atoms with Gasteiger partial charge in [0.05, 0.1) is 0 Å². The van der Waals surface area contributed by atoms with Gasteiger partial charge in [-0.1, -0.05) is 48.5 Å². The number of piperazine rings is 1. The Balaban J connectivity index is 1.47. The fourth-order valence-electron chi connectivity index (χ4n) is 3.05. The van der Waals surface area contributed by atoms with Crippen molar-refractivity contribution in [3.05, 3.63) is 66.2 Å². The molecule has 1 atom stereocenters. The maximum Gasteiger partial charge on any atom is 0.260 e. The molecule has 1 amide bonds. The number of carbonyl (C=O) groups is 1. The summed E-state index contributed by atoms with van der Waals surface area (Å²) in [6, 6.07) is 20.4. The Morgan fingerprint density at radius 3 is 2.17 bits per heavy atom. The average Bonchev–Trinajstić information content (AvgIpc) is 2.67. The summed E-state index contributed by atoms with van der Waals surface area (Å²) in [4.78, 5) is 16.6. The summed E-state index contributed by atoms with van der Waals surface area (Å²) >= 11 is 0. The van der Waals surface area contributed by atoms with Crippen LogP contribution in [0, 0.1) is 0 Å². The average molecular weight is 324 g/mol. The molecule has 0 spiro atoms. The van der Waals surface area contributed by atoms with Crippen LogP contribution in [-0.2, 0) is 4.79 Å². The molecule has 0 radical (unpaired) electrons. The summed E-state index contributed by atoms with van der Waals surface area (Å²) in [6.07, 6.45) is 0. The molecule has 1 fully saturated rings. The predicted octanol–water partition coefficient (Wildman–Crippen LogP) is 2.97. The first-order chi connectivity index (χ1) is 11.7. The van der Waals surface area contributed by atoms with Gasteiger partial charge in [-0.15, -0.1) is 0 Å². The zero-order valence-corrected chi connectivity index (χ0v) is 14.1. The van der Waals surface area contributed by atoms with Crippen molar-refractivity contribution in [2.45, 2.75) is 13.0 Å². The van der Waals surface area contributed by atoms with Gasteiger partial charge in [0.1, 0.15) is 5.75 Å². The zero-order chi connectivity index (χ0) is 16.8. The Hall–Kier alpha value is -2.33. The van der Waals surface area contributed by atoms with Crippen molar-refractivity contribution in [2.75, 3.05) is 32.8 Å². The SMILES string of the molecule is CC(c1ccccc1)N1CCN(C(=O)COc2ccccc2)CC1. The second-order valence-electron chi connectivity index (χ2n) is 6.11. The molecule has 24 heavy (non-hydrogen) atoms. The van der Waals surface area contributed by atoms with Gasteiger partial charge in [0, 0.05) is 32.2 Å². The first-order valence-corrected chi connectivity index (χ1v) is 8.48. The fourth-order valence-corrected chi connectivity index (χ4v) is 3.05. The number of para-hydroxylation sites is 1. The van der Waals surface area contributed by atoms with E-state index in [-0.39, 0.29) is 12.5 Å². The largest absolute Gasteiger partial charge is 0.484 e. The van der Waals surface area contributed by atoms with Gasteiger partial charge in [-0.25, -0.2) is 0 Å². The van der Waals surface area contributed by atoms with E-state index in [9.17, 15) is 4.79 Å². The summed E-state index contributed by atoms with van der Waals surface area (Å²) in [7, 11) is 0. The van der Waals surface area contributed by atoms with Crippen LogP contribution >= 0.6 is 0 Å². The summed E-state index contributed by atoms with van der Waals surface area (Å²) in [6.45, 7) is 5.65. The minimum atomic E-state index is 0.0610. The Kier molecular flexibility index (Phi) is 5.49. The first-order valence-electron chi connectivity index (χ1n) is 8.48. The van der Waals surface area contributed by atoms with Gasteiger partial charge in [0.15, 0.2) is 6.61 Å². The standard InChI is InChI=1S/C20H24N2O2/c1-17(18-8-4-2-5-9-18)21-12-14-22(15-13-21)20(23)16-24-19-10-6-3-7-11-19/h2-11,17H,12-16H2,1H3. The Labute approximate surface area is 143 Å². The van der Waals surface area contributed by atoms with Crippen LogP contribution in [-0.4, -0.2) is 48.5 Å². The van der Waals surface area contributed by atoms with E-state index in [2.05, 4.69) is 36.1 Å². The monoisotopic (exact) mass is 324 g/mol. The summed E-state index contributed by atoms with van der Waals surface area (Å²) in [5, 5.41) is 0. The van der Waals surface area contributed by atoms with Crippen LogP contribution in [0.2, 0.25) is 0 Å². The smallest absolute Gasteiger partial charge is 0.260 e. The molecule has 1 aliphatic rings. The quantitative estimate of drug-likeness (QED) is 0.848. The van der Waals surface area contributed by atoms with Crippen molar-refractivity contribution in [3.63, 3.8) is 0 Å². The third-order valence-corrected chi connectivity index (χ3v) is 4.60. The fraction of sp³-hybridized carbons (Fsp3) is 0.350. The highest BCUT2D eigenvalue weighted by atomic mass is 16.5. The summed E-state index contributed by atoms with van der Waals surface area (Å²) < 4.78 is 5.56. The number of benzene rings is 2. The lowest BCUT2D eigenvalue weighted by atomic mass is 10.1. The van der Waals surface area contributed by atoms with Crippen molar-refractivity contribution < 1.29 is 9.53 Å². The molecule has 1 heterocycles. The molecule has 2 aromatic rings. The third kappa shape index (κ3) is 4.15. The van der Waals surface area contributed by atoms with E-state index in [1.807, 2.05) is 41.3 Å². The van der Waals surface area contributed by atoms with Crippen LogP contribution in [0.3, 0.4) is 0 Å². The van der Waals surface area contributed by atoms with Crippen molar-refractivity contribution in [2.24, 2.45) is 0 Å². The van der Waals surface area contributed by atoms with Crippen LogP contribution in [0.4, 0.5) is 0 Å². The number of amides is 1. The Bertz CT molecular complexity index is 637. The predicted molar refractivity (Wildman–Crippen MR) is 94.9 cm³/mol. The maximum absolute atomic E-state index is 12.3. The Morgan fingerprint density at radius 1 is 0.958 bits per heavy atom. The van der Waals surface area contributed by atoms with E-state index in [0.29, 0.717) is 6.04 Å². The van der Waals surface area contributed by atoms with E-state index in [1.165, 1.54) is 5.56 Å². The first kappa shape index (κ1) is 16.5. The van der Waals surface area contributed by atoms with Crippen LogP contribution in [0.5, 0.6) is 5.75 Å². The molecule has 126 valence electrons. The molecule has 3 rings (SSSR count). The molecule has 0 saturated carbocycles. The van der Waals surface area contributed by atoms with E-state index >= 15 is 0 Å². The Morgan fingerprint density at radius 2 is 1.54 bits per heavy atom. The molecule has 0 bridgehead atoms. The number of carbonyl (C=O) groups excluding carboxylic acids is 1. The minimum absolute atomic E-state index is 0.0610. The lowest BCUT2D eigenvalue weighted by molar-refractivity contribution is -0.135. The highest BCUT2D eigenvalue weighted by Crippen LogP contribution is 2.21. The highest BCUT2D eigenvalue weighted by molar-refractivity contribution is 5.77. The third-order valence-electron chi connectivity index (χ3n) is 4.60. The second kappa shape index (κ2) is 7.97. The van der Waals surface area contributed by atoms with Crippen LogP contribution in [0.15, 0.2) is 60.7 Å². The molecule has 1 saturated heterocycles. The van der Waals surface area contributed by atoms with Crippen molar-refractivity contribution in [3.8, 4) is 5.75 Å². The number of ether oxygens (including phenoxy) is 1. The molecular formula is C20H24N2O2. The molecular weight excluding hydrogens is 300 g/mol. The molecule has 0 aliphatic carbocycles. The molecule has 2 aromatic carbocycles. The maximum atomic E-state index is 12.3. The number of rotatable bonds is 5. The summed E-state index contributed by atoms with van der Waals surface area (Å²) in [5.41, 5.74) is 1.32. The number of nitrogens with zero attached hydrogens (tertiary/aromatic N) is 2. The van der Waals surface area contributed by atoms with Gasteiger partial charge >= 0.3 is 0 Å². The second-order valence-corrected chi connectivity index (χ2v) is 6.11. The van der Waals surface area contributed by atoms with Crippen molar-refractivity contribution in [1.82, 2.24) is 9.80 Å². The number of hydrogen-bond donors (Lipinski definition) is 0. The van der Waals surface area contributed by atoms with E-state index in [1.54, 1.807) is 0 Å². The molecule has 4 heteroatoms. The highest BCUT2D eigenvalue weighted by Gasteiger charge is 2.24. The van der Waals surface area contributed by atoms with Gasteiger partial charge in [0.25, 0.3) is 5.91 Å². The molecule has 1 aliphatic heterocycles. The van der Waals surface area contributed by atoms with Gasteiger partial charge in [-0.3, -0.25) is 9.69 Å². The van der Waals surface area contributed by atoms with Gasteiger partial charge < -0.3 is 9.64 Å². The molecule has 4 nitrogen and oxygen atoms in total. The van der Waals surface area contributed by atoms with E-state index < -0.39 is 0 Å². The van der Waals surface area contributed by atoms with E-state index in [0.717, 1.165) is 31.9 Å². The lowest BCUT2D eigenvalue weighted by Gasteiger charge is -2.38. The minimum Gasteiger partial charge on any atom is -0.484 e. The van der Waals surface area contributed by atoms with Crippen molar-refractivity contribution in [1.29, 1.82) is 0 Å². The van der Waals surface area contributed by atoms with Crippen LogP contribution < -0.4 is 4.74 Å². The van der Waals surface area contributed by atoms with Crippen LogP contribution in [0.1, 0.15) is 18.5 Å². The summed E-state index contributed by atoms with van der Waals surface area (Å²) in [5.74, 6) is 0.799. The molecule has 0 N–H and O–H groups in total. The lowest BCUT2D eigenvalue weighted by Crippen LogP contribution is -2.50. The molecule has 1 unspecified atom stereocenters.